The van der Waals surface area contributed by atoms with Crippen LogP contribution in [0, 0.1) is 5.92 Å². The SMILES string of the molecule is CC(N)(CC1CCCCC1)C(=O)N1C[C@@H](n2nncc2C(C)(C)O)C[C@H]1C(=O)NC1(C(=O)C(N)=O)CCCCC1.Cl. The predicted octanol–water partition coefficient (Wildman–Crippen LogP) is 1.63. The second-order valence-electron chi connectivity index (χ2n) is 12.9. The molecule has 1 aliphatic heterocycles. The Bertz CT molecular complexity index is 1120. The van der Waals surface area contributed by atoms with E-state index in [0.29, 0.717) is 43.7 Å². The second kappa shape index (κ2) is 12.7. The molecule has 6 N–H and O–H groups in total. The van der Waals surface area contributed by atoms with E-state index in [1.165, 1.54) is 17.5 Å². The molecule has 1 aromatic rings. The minimum atomic E-state index is -1.38. The topological polar surface area (TPSA) is 187 Å². The van der Waals surface area contributed by atoms with Crippen molar-refractivity contribution in [1.29, 1.82) is 0 Å². The van der Waals surface area contributed by atoms with Gasteiger partial charge < -0.3 is 26.8 Å². The van der Waals surface area contributed by atoms with Gasteiger partial charge in [-0.1, -0.05) is 56.6 Å². The first-order chi connectivity index (χ1) is 18.7. The van der Waals surface area contributed by atoms with Crippen LogP contribution in [-0.4, -0.2) is 72.2 Å². The fourth-order valence-electron chi connectivity index (χ4n) is 6.94. The number of hydrogen-bond donors (Lipinski definition) is 4. The van der Waals surface area contributed by atoms with Gasteiger partial charge in [0, 0.05) is 13.0 Å². The maximum Gasteiger partial charge on any atom is 0.287 e. The third-order valence-corrected chi connectivity index (χ3v) is 9.04. The van der Waals surface area contributed by atoms with Crippen LogP contribution in [0.2, 0.25) is 0 Å². The first-order valence-corrected chi connectivity index (χ1v) is 14.6. The van der Waals surface area contributed by atoms with Crippen molar-refractivity contribution in [3.63, 3.8) is 0 Å². The lowest BCUT2D eigenvalue weighted by Crippen LogP contribution is -2.63. The number of nitrogens with zero attached hydrogens (tertiary/aromatic N) is 4. The number of Topliss-reactive ketones (excluding diaryl/α,β-unsaturated/α-hetero) is 1. The van der Waals surface area contributed by atoms with E-state index < -0.39 is 46.4 Å². The Balaban J connectivity index is 0.00000462. The molecule has 0 spiro atoms. The summed E-state index contributed by atoms with van der Waals surface area (Å²) in [6, 6.07) is -1.41. The summed E-state index contributed by atoms with van der Waals surface area (Å²) in [6.07, 6.45) is 10.5. The maximum atomic E-state index is 14.1. The average Bonchev–Trinajstić information content (AvgIpc) is 3.56. The molecule has 230 valence electrons. The number of rotatable bonds is 9. The third kappa shape index (κ3) is 7.09. The molecule has 41 heavy (non-hydrogen) atoms. The summed E-state index contributed by atoms with van der Waals surface area (Å²) in [5.41, 5.74) is 8.70. The van der Waals surface area contributed by atoms with Crippen LogP contribution in [0.4, 0.5) is 0 Å². The van der Waals surface area contributed by atoms with Crippen molar-refractivity contribution < 1.29 is 24.3 Å². The summed E-state index contributed by atoms with van der Waals surface area (Å²) >= 11 is 0. The van der Waals surface area contributed by atoms with Crippen molar-refractivity contribution >= 4 is 35.9 Å². The number of nitrogens with one attached hydrogen (secondary N) is 1. The lowest BCUT2D eigenvalue weighted by Gasteiger charge is -2.39. The smallest absolute Gasteiger partial charge is 0.287 e. The van der Waals surface area contributed by atoms with Crippen molar-refractivity contribution in [2.45, 2.75) is 127 Å². The molecular formula is C28H46ClN7O5. The van der Waals surface area contributed by atoms with Gasteiger partial charge in [-0.15, -0.1) is 17.5 Å². The van der Waals surface area contributed by atoms with Crippen LogP contribution in [0.3, 0.4) is 0 Å². The Hall–Kier alpha value is -2.57. The fourth-order valence-corrected chi connectivity index (χ4v) is 6.94. The average molecular weight is 596 g/mol. The highest BCUT2D eigenvalue weighted by Crippen LogP contribution is 2.36. The van der Waals surface area contributed by atoms with Gasteiger partial charge in [-0.2, -0.15) is 0 Å². The van der Waals surface area contributed by atoms with Crippen LogP contribution in [-0.2, 0) is 24.8 Å². The van der Waals surface area contributed by atoms with Gasteiger partial charge in [-0.05, 0) is 46.0 Å². The molecule has 0 radical (unpaired) electrons. The first kappa shape index (κ1) is 32.9. The lowest BCUT2D eigenvalue weighted by atomic mass is 9.78. The summed E-state index contributed by atoms with van der Waals surface area (Å²) in [5.74, 6) is -2.42. The molecule has 12 nitrogen and oxygen atoms in total. The molecule has 2 heterocycles. The van der Waals surface area contributed by atoms with Crippen LogP contribution in [0.1, 0.15) is 110 Å². The van der Waals surface area contributed by atoms with E-state index in [-0.39, 0.29) is 31.3 Å². The number of halogens is 1. The number of likely N-dealkylation sites (tertiary alicyclic amines) is 1. The largest absolute Gasteiger partial charge is 0.384 e. The Labute approximate surface area is 247 Å². The molecule has 1 unspecified atom stereocenters. The lowest BCUT2D eigenvalue weighted by molar-refractivity contribution is -0.146. The van der Waals surface area contributed by atoms with Gasteiger partial charge in [0.15, 0.2) is 0 Å². The molecule has 3 atom stereocenters. The molecule has 1 aromatic heterocycles. The van der Waals surface area contributed by atoms with E-state index in [2.05, 4.69) is 15.6 Å². The molecule has 3 fully saturated rings. The Kier molecular flexibility index (Phi) is 10.2. The van der Waals surface area contributed by atoms with Gasteiger partial charge in [0.25, 0.3) is 5.91 Å². The number of carbonyl (C=O) groups excluding carboxylic acids is 4. The maximum absolute atomic E-state index is 14.1. The summed E-state index contributed by atoms with van der Waals surface area (Å²) in [5, 5.41) is 21.7. The minimum Gasteiger partial charge on any atom is -0.384 e. The van der Waals surface area contributed by atoms with Gasteiger partial charge in [0.05, 0.1) is 23.5 Å². The highest BCUT2D eigenvalue weighted by molar-refractivity contribution is 6.39. The molecule has 2 aliphatic carbocycles. The number of amides is 3. The Morgan fingerprint density at radius 2 is 1.68 bits per heavy atom. The van der Waals surface area contributed by atoms with Crippen molar-refractivity contribution in [1.82, 2.24) is 25.2 Å². The van der Waals surface area contributed by atoms with E-state index in [4.69, 9.17) is 11.5 Å². The molecule has 4 rings (SSSR count). The van der Waals surface area contributed by atoms with E-state index in [0.717, 1.165) is 32.1 Å². The summed E-state index contributed by atoms with van der Waals surface area (Å²) < 4.78 is 1.56. The molecular weight excluding hydrogens is 550 g/mol. The number of primary amides is 1. The third-order valence-electron chi connectivity index (χ3n) is 9.04. The normalized spacial score (nSPS) is 24.7. The van der Waals surface area contributed by atoms with E-state index in [1.54, 1.807) is 25.5 Å². The zero-order valence-corrected chi connectivity index (χ0v) is 25.3. The first-order valence-electron chi connectivity index (χ1n) is 14.6. The van der Waals surface area contributed by atoms with Crippen LogP contribution in [0.5, 0.6) is 0 Å². The summed E-state index contributed by atoms with van der Waals surface area (Å²) in [6.45, 7) is 5.10. The standard InChI is InChI=1S/C28H45N7O5.ClH/c1-26(2,40)21-16-31-33-35(21)19-14-20(24(38)32-28(22(36)23(29)37)12-8-5-9-13-28)34(17-19)25(39)27(3,30)15-18-10-6-4-7-11-18;/h16,18-20,40H,4-15,17,30H2,1-3H3,(H2,29,37)(H,32,38);1H/t19-,20-,27?;/m0./s1. The van der Waals surface area contributed by atoms with Crippen molar-refractivity contribution in [3.05, 3.63) is 11.9 Å². The highest BCUT2D eigenvalue weighted by Gasteiger charge is 2.50. The van der Waals surface area contributed by atoms with Crippen molar-refractivity contribution in [2.75, 3.05) is 6.54 Å². The zero-order chi connectivity index (χ0) is 29.3. The van der Waals surface area contributed by atoms with Crippen LogP contribution >= 0.6 is 12.4 Å². The van der Waals surface area contributed by atoms with Gasteiger partial charge in [-0.3, -0.25) is 19.2 Å². The summed E-state index contributed by atoms with van der Waals surface area (Å²) in [7, 11) is 0. The molecule has 3 amide bonds. The molecule has 1 saturated heterocycles. The Morgan fingerprint density at radius 3 is 2.27 bits per heavy atom. The van der Waals surface area contributed by atoms with Crippen LogP contribution < -0.4 is 16.8 Å². The molecule has 0 bridgehead atoms. The monoisotopic (exact) mass is 595 g/mol. The Morgan fingerprint density at radius 1 is 1.07 bits per heavy atom. The number of ketones is 1. The predicted molar refractivity (Wildman–Crippen MR) is 154 cm³/mol. The second-order valence-corrected chi connectivity index (χ2v) is 12.9. The number of carbonyl (C=O) groups is 4. The van der Waals surface area contributed by atoms with E-state index in [9.17, 15) is 24.3 Å². The van der Waals surface area contributed by atoms with Gasteiger partial charge >= 0.3 is 0 Å². The van der Waals surface area contributed by atoms with E-state index >= 15 is 0 Å². The van der Waals surface area contributed by atoms with Crippen LogP contribution in [0.15, 0.2) is 6.20 Å². The molecule has 0 aromatic carbocycles. The number of hydrogen-bond acceptors (Lipinski definition) is 8. The van der Waals surface area contributed by atoms with Crippen molar-refractivity contribution in [3.8, 4) is 0 Å². The summed E-state index contributed by atoms with van der Waals surface area (Å²) in [4.78, 5) is 54.3. The van der Waals surface area contributed by atoms with Crippen molar-refractivity contribution in [2.24, 2.45) is 17.4 Å². The van der Waals surface area contributed by atoms with Gasteiger partial charge in [0.2, 0.25) is 17.6 Å². The van der Waals surface area contributed by atoms with E-state index in [1.807, 2.05) is 0 Å². The molecule has 2 saturated carbocycles. The zero-order valence-electron chi connectivity index (χ0n) is 24.4. The molecule has 3 aliphatic rings. The number of aliphatic hydroxyl groups is 1. The van der Waals surface area contributed by atoms with Crippen LogP contribution in [0.25, 0.3) is 0 Å². The molecule has 13 heteroatoms. The quantitative estimate of drug-likeness (QED) is 0.310. The van der Waals surface area contributed by atoms with Gasteiger partial charge in [-0.25, -0.2) is 4.68 Å². The fraction of sp³-hybridized carbons (Fsp3) is 0.786. The minimum absolute atomic E-state index is 0. The van der Waals surface area contributed by atoms with Gasteiger partial charge in [0.1, 0.15) is 17.2 Å². The number of aromatic nitrogens is 3. The highest BCUT2D eigenvalue weighted by atomic mass is 35.5. The number of nitrogens with two attached hydrogens (primary N) is 2.